The average Bonchev–Trinajstić information content (AvgIpc) is 3.26. The predicted molar refractivity (Wildman–Crippen MR) is 172 cm³/mol. The van der Waals surface area contributed by atoms with E-state index in [-0.39, 0.29) is 5.91 Å². The number of hydrogen-bond acceptors (Lipinski definition) is 6. The Morgan fingerprint density at radius 2 is 1.73 bits per heavy atom. The highest BCUT2D eigenvalue weighted by Crippen LogP contribution is 2.38. The summed E-state index contributed by atoms with van der Waals surface area (Å²) in [6, 6.07) is 26.0. The molecule has 0 spiro atoms. The van der Waals surface area contributed by atoms with Crippen molar-refractivity contribution in [3.8, 4) is 17.2 Å². The number of likely N-dealkylation sites (N-methyl/N-ethyl adjacent to an activating group) is 1. The molecule has 1 saturated heterocycles. The number of nitrogens with zero attached hydrogens (tertiary/aromatic N) is 2. The Labute approximate surface area is 252 Å². The zero-order valence-electron chi connectivity index (χ0n) is 22.5. The van der Waals surface area contributed by atoms with Crippen LogP contribution in [0.15, 0.2) is 88.8 Å². The molecule has 1 aliphatic heterocycles. The second kappa shape index (κ2) is 12.8. The third-order valence-electron chi connectivity index (χ3n) is 6.33. The van der Waals surface area contributed by atoms with Crippen molar-refractivity contribution in [2.45, 2.75) is 20.5 Å². The van der Waals surface area contributed by atoms with E-state index >= 15 is 0 Å². The molecule has 0 N–H and O–H groups in total. The fraction of sp³-hybridized carbons (Fsp3) is 0.188. The number of benzene rings is 4. The maximum absolute atomic E-state index is 13.2. The molecular formula is C32H29IN2O4S. The summed E-state index contributed by atoms with van der Waals surface area (Å²) in [4.78, 5) is 20.3. The number of methoxy groups -OCH3 is 1. The van der Waals surface area contributed by atoms with Crippen molar-refractivity contribution in [1.29, 1.82) is 0 Å². The van der Waals surface area contributed by atoms with E-state index < -0.39 is 0 Å². The van der Waals surface area contributed by atoms with E-state index in [9.17, 15) is 4.79 Å². The van der Waals surface area contributed by atoms with Crippen molar-refractivity contribution >= 4 is 68.0 Å². The Kier molecular flexibility index (Phi) is 8.96. The molecule has 0 aliphatic carbocycles. The van der Waals surface area contributed by atoms with Gasteiger partial charge in [0.1, 0.15) is 12.4 Å². The number of carbonyl (C=O) groups excluding carboxylic acids is 1. The lowest BCUT2D eigenvalue weighted by Crippen LogP contribution is -2.28. The van der Waals surface area contributed by atoms with E-state index in [1.807, 2.05) is 68.5 Å². The number of halogens is 1. The van der Waals surface area contributed by atoms with Crippen molar-refractivity contribution in [2.75, 3.05) is 20.3 Å². The van der Waals surface area contributed by atoms with Gasteiger partial charge in [-0.05, 0) is 119 Å². The van der Waals surface area contributed by atoms with Gasteiger partial charge in [0.15, 0.2) is 16.7 Å². The molecule has 0 radical (unpaired) electrons. The Hall–Kier alpha value is -3.50. The number of aliphatic imine (C=N–C) groups is 1. The summed E-state index contributed by atoms with van der Waals surface area (Å²) in [5.74, 6) is 2.04. The van der Waals surface area contributed by atoms with Crippen LogP contribution in [0.25, 0.3) is 16.8 Å². The maximum Gasteiger partial charge on any atom is 0.266 e. The minimum atomic E-state index is -0.0654. The van der Waals surface area contributed by atoms with Gasteiger partial charge in [0.05, 0.1) is 27.9 Å². The monoisotopic (exact) mass is 664 g/mol. The molecule has 40 heavy (non-hydrogen) atoms. The summed E-state index contributed by atoms with van der Waals surface area (Å²) in [5.41, 5.74) is 2.71. The first-order valence-electron chi connectivity index (χ1n) is 13.0. The SMILES string of the molecule is CCOc1cc(/C=C2/SC(=Nc3ccc(OC)cc3)N(CC)C2=O)cc(I)c1OCc1ccc2ccccc2c1. The van der Waals surface area contributed by atoms with Gasteiger partial charge in [-0.3, -0.25) is 9.69 Å². The van der Waals surface area contributed by atoms with Crippen LogP contribution in [0, 0.1) is 3.57 Å². The molecule has 1 aliphatic rings. The van der Waals surface area contributed by atoms with Crippen LogP contribution >= 0.6 is 34.4 Å². The number of ether oxygens (including phenoxy) is 3. The molecule has 8 heteroatoms. The number of amides is 1. The Morgan fingerprint density at radius 3 is 2.45 bits per heavy atom. The van der Waals surface area contributed by atoms with E-state index in [0.29, 0.717) is 41.3 Å². The number of hydrogen-bond donors (Lipinski definition) is 0. The van der Waals surface area contributed by atoms with Gasteiger partial charge in [-0.15, -0.1) is 0 Å². The van der Waals surface area contributed by atoms with Crippen LogP contribution < -0.4 is 14.2 Å². The highest BCUT2D eigenvalue weighted by molar-refractivity contribution is 14.1. The van der Waals surface area contributed by atoms with Gasteiger partial charge < -0.3 is 14.2 Å². The van der Waals surface area contributed by atoms with E-state index in [1.54, 1.807) is 12.0 Å². The number of thioether (sulfide) groups is 1. The molecule has 4 aromatic rings. The predicted octanol–water partition coefficient (Wildman–Crippen LogP) is 8.05. The van der Waals surface area contributed by atoms with Crippen LogP contribution in [0.5, 0.6) is 17.2 Å². The molecule has 0 bridgehead atoms. The Morgan fingerprint density at radius 1 is 0.950 bits per heavy atom. The highest BCUT2D eigenvalue weighted by Gasteiger charge is 2.32. The first kappa shape index (κ1) is 28.0. The van der Waals surface area contributed by atoms with Crippen molar-refractivity contribution in [2.24, 2.45) is 4.99 Å². The molecule has 5 rings (SSSR count). The third-order valence-corrected chi connectivity index (χ3v) is 8.14. The molecular weight excluding hydrogens is 635 g/mol. The molecule has 1 heterocycles. The molecule has 204 valence electrons. The summed E-state index contributed by atoms with van der Waals surface area (Å²) in [7, 11) is 1.63. The Bertz CT molecular complexity index is 1600. The molecule has 1 amide bonds. The smallest absolute Gasteiger partial charge is 0.266 e. The fourth-order valence-corrected chi connectivity index (χ4v) is 6.19. The van der Waals surface area contributed by atoms with Crippen LogP contribution in [0.2, 0.25) is 0 Å². The quantitative estimate of drug-likeness (QED) is 0.134. The molecule has 6 nitrogen and oxygen atoms in total. The highest BCUT2D eigenvalue weighted by atomic mass is 127. The second-order valence-electron chi connectivity index (χ2n) is 8.99. The van der Waals surface area contributed by atoms with E-state index in [2.05, 4.69) is 52.9 Å². The standard InChI is InChI=1S/C32H29IN2O4S/c1-4-35-31(36)29(40-32(35)34-25-12-14-26(37-3)15-13-25)19-22-17-27(33)30(28(18-22)38-5-2)39-20-21-10-11-23-8-6-7-9-24(23)16-21/h6-19H,4-5,20H2,1-3H3/b29-19+,34-32?. The number of carbonyl (C=O) groups is 1. The van der Waals surface area contributed by atoms with Crippen molar-refractivity contribution in [1.82, 2.24) is 4.90 Å². The number of fused-ring (bicyclic) bond motifs is 1. The lowest BCUT2D eigenvalue weighted by atomic mass is 10.1. The topological polar surface area (TPSA) is 60.4 Å². The van der Waals surface area contributed by atoms with Crippen LogP contribution in [0.1, 0.15) is 25.0 Å². The fourth-order valence-electron chi connectivity index (χ4n) is 4.35. The summed E-state index contributed by atoms with van der Waals surface area (Å²) < 4.78 is 18.4. The minimum Gasteiger partial charge on any atom is -0.497 e. The van der Waals surface area contributed by atoms with E-state index in [0.717, 1.165) is 26.1 Å². The largest absolute Gasteiger partial charge is 0.497 e. The van der Waals surface area contributed by atoms with Crippen LogP contribution in [0.4, 0.5) is 5.69 Å². The third kappa shape index (κ3) is 6.28. The zero-order chi connectivity index (χ0) is 28.1. The lowest BCUT2D eigenvalue weighted by molar-refractivity contribution is -0.122. The summed E-state index contributed by atoms with van der Waals surface area (Å²) in [6.07, 6.45) is 1.89. The average molecular weight is 665 g/mol. The van der Waals surface area contributed by atoms with Crippen molar-refractivity contribution in [3.05, 3.63) is 98.5 Å². The molecule has 0 aromatic heterocycles. The molecule has 0 unspecified atom stereocenters. The van der Waals surface area contributed by atoms with Crippen LogP contribution in [0.3, 0.4) is 0 Å². The number of rotatable bonds is 9. The van der Waals surface area contributed by atoms with Crippen molar-refractivity contribution in [3.63, 3.8) is 0 Å². The van der Waals surface area contributed by atoms with E-state index in [4.69, 9.17) is 19.2 Å². The van der Waals surface area contributed by atoms with Gasteiger partial charge in [0.2, 0.25) is 0 Å². The summed E-state index contributed by atoms with van der Waals surface area (Å²) in [6.45, 7) is 5.34. The van der Waals surface area contributed by atoms with Gasteiger partial charge in [-0.25, -0.2) is 4.99 Å². The maximum atomic E-state index is 13.2. The minimum absolute atomic E-state index is 0.0654. The van der Waals surface area contributed by atoms with Gasteiger partial charge >= 0.3 is 0 Å². The molecule has 0 saturated carbocycles. The molecule has 1 fully saturated rings. The number of amidine groups is 1. The van der Waals surface area contributed by atoms with Gasteiger partial charge in [0, 0.05) is 6.54 Å². The van der Waals surface area contributed by atoms with E-state index in [1.165, 1.54) is 22.5 Å². The van der Waals surface area contributed by atoms with Crippen LogP contribution in [-0.4, -0.2) is 36.2 Å². The zero-order valence-corrected chi connectivity index (χ0v) is 25.5. The Balaban J connectivity index is 1.39. The normalized spacial score (nSPS) is 15.3. The lowest BCUT2D eigenvalue weighted by Gasteiger charge is -2.15. The molecule has 0 atom stereocenters. The van der Waals surface area contributed by atoms with Crippen molar-refractivity contribution < 1.29 is 19.0 Å². The summed E-state index contributed by atoms with van der Waals surface area (Å²) in [5, 5.41) is 3.03. The van der Waals surface area contributed by atoms with Gasteiger partial charge in [-0.1, -0.05) is 36.4 Å². The van der Waals surface area contributed by atoms with Gasteiger partial charge in [0.25, 0.3) is 5.91 Å². The molecule has 4 aromatic carbocycles. The first-order valence-corrected chi connectivity index (χ1v) is 14.9. The second-order valence-corrected chi connectivity index (χ2v) is 11.2. The first-order chi connectivity index (χ1) is 19.5. The summed E-state index contributed by atoms with van der Waals surface area (Å²) >= 11 is 3.64. The van der Waals surface area contributed by atoms with Crippen LogP contribution in [-0.2, 0) is 11.4 Å². The van der Waals surface area contributed by atoms with Gasteiger partial charge in [-0.2, -0.15) is 0 Å².